The average molecular weight is 247 g/mol. The normalized spacial score (nSPS) is 27.8. The van der Waals surface area contributed by atoms with E-state index in [-0.39, 0.29) is 23.5 Å². The summed E-state index contributed by atoms with van der Waals surface area (Å²) in [5.41, 5.74) is 4.82. The second-order valence-electron chi connectivity index (χ2n) is 3.66. The van der Waals surface area contributed by atoms with E-state index in [1.165, 1.54) is 16.8 Å². The van der Waals surface area contributed by atoms with Crippen LogP contribution in [0.2, 0.25) is 0 Å². The van der Waals surface area contributed by atoms with Gasteiger partial charge in [0.1, 0.15) is 18.1 Å². The molecule has 96 valence electrons. The van der Waals surface area contributed by atoms with Crippen LogP contribution in [0, 0.1) is 0 Å². The summed E-state index contributed by atoms with van der Waals surface area (Å²) in [4.78, 5) is 15.0. The number of rotatable bonds is 2. The predicted molar refractivity (Wildman–Crippen MR) is 57.0 cm³/mol. The summed E-state index contributed by atoms with van der Waals surface area (Å²) in [6.45, 7) is -0.283. The van der Waals surface area contributed by atoms with E-state index in [0.717, 1.165) is 0 Å². The molecule has 4 N–H and O–H groups in total. The highest BCUT2D eigenvalue weighted by Gasteiger charge is 2.34. The molecule has 0 saturated carbocycles. The maximum absolute atomic E-state index is 11.5. The first-order chi connectivity index (χ1) is 7.61. The van der Waals surface area contributed by atoms with E-state index in [4.69, 9.17) is 15.6 Å². The second-order valence-corrected chi connectivity index (χ2v) is 3.66. The Morgan fingerprint density at radius 2 is 2.35 bits per heavy atom. The summed E-state index contributed by atoms with van der Waals surface area (Å²) < 4.78 is 6.56. The van der Waals surface area contributed by atoms with Crippen LogP contribution in [0.25, 0.3) is 0 Å². The molecule has 0 bridgehead atoms. The molecule has 1 fully saturated rings. The Hall–Kier alpha value is -1.51. The zero-order chi connectivity index (χ0) is 11.7. The summed E-state index contributed by atoms with van der Waals surface area (Å²) in [6.07, 6.45) is -0.333. The summed E-state index contributed by atoms with van der Waals surface area (Å²) in [5.74, 6) is 0.138. The van der Waals surface area contributed by atoms with Crippen LogP contribution in [0.4, 0.5) is 10.5 Å². The van der Waals surface area contributed by atoms with Crippen molar-refractivity contribution in [2.75, 3.05) is 12.3 Å². The van der Waals surface area contributed by atoms with Crippen molar-refractivity contribution in [3.8, 4) is 0 Å². The van der Waals surface area contributed by atoms with Gasteiger partial charge in [-0.25, -0.2) is 4.79 Å². The predicted octanol–water partition coefficient (Wildman–Crippen LogP) is -1.38. The molecule has 1 saturated heterocycles. The van der Waals surface area contributed by atoms with Gasteiger partial charge in [0.15, 0.2) is 0 Å². The van der Waals surface area contributed by atoms with Crippen LogP contribution in [-0.4, -0.2) is 38.6 Å². The zero-order valence-electron chi connectivity index (χ0n) is 8.89. The number of aromatic nitrogens is 2. The lowest BCUT2D eigenvalue weighted by atomic mass is 10.2. The van der Waals surface area contributed by atoms with Gasteiger partial charge in [0.2, 0.25) is 0 Å². The number of anilines is 1. The van der Waals surface area contributed by atoms with Crippen molar-refractivity contribution in [1.29, 1.82) is 0 Å². The van der Waals surface area contributed by atoms with Crippen molar-refractivity contribution in [2.45, 2.75) is 24.9 Å². The van der Waals surface area contributed by atoms with Gasteiger partial charge < -0.3 is 20.7 Å². The van der Waals surface area contributed by atoms with E-state index in [1.807, 2.05) is 0 Å². The minimum absolute atomic E-state index is 0. The van der Waals surface area contributed by atoms with Gasteiger partial charge in [-0.2, -0.15) is 4.98 Å². The lowest BCUT2D eigenvalue weighted by molar-refractivity contribution is -0.0458. The summed E-state index contributed by atoms with van der Waals surface area (Å²) in [6, 6.07) is 1.48. The minimum atomic E-state index is -0.778. The third-order valence-corrected chi connectivity index (χ3v) is 2.55. The van der Waals surface area contributed by atoms with E-state index in [0.29, 0.717) is 0 Å². The van der Waals surface area contributed by atoms with Crippen LogP contribution in [0.1, 0.15) is 12.6 Å². The molecule has 8 heteroatoms. The van der Waals surface area contributed by atoms with Crippen molar-refractivity contribution in [3.05, 3.63) is 22.7 Å². The fourth-order valence-electron chi connectivity index (χ4n) is 1.70. The number of nitrogens with two attached hydrogens (primary N) is 1. The number of hydrogen-bond acceptors (Lipinski definition) is 6. The number of aliphatic hydroxyl groups excluding tert-OH is 2. The van der Waals surface area contributed by atoms with Gasteiger partial charge in [-0.15, -0.1) is 0 Å². The number of aliphatic hydroxyl groups is 2. The summed E-state index contributed by atoms with van der Waals surface area (Å²) in [7, 11) is 0. The fourth-order valence-corrected chi connectivity index (χ4v) is 1.70. The largest absolute Gasteiger partial charge is 0.394 e. The standard InChI is InChI=1S/C9H13N3O4.FH/c10-7-1-2-12(9(15)11-7)8-3-5(14)6(4-13)16-8;/h1-2,5-6,8,13-14H,3-4H2,(H2,10,11,15);1H/t5-,6+,8+;/m0./s1. The maximum atomic E-state index is 11.5. The molecule has 0 aromatic carbocycles. The first kappa shape index (κ1) is 13.6. The molecule has 1 aromatic heterocycles. The smallest absolute Gasteiger partial charge is 0.351 e. The van der Waals surface area contributed by atoms with Gasteiger partial charge >= 0.3 is 5.69 Å². The fraction of sp³-hybridized carbons (Fsp3) is 0.556. The Kier molecular flexibility index (Phi) is 4.16. The maximum Gasteiger partial charge on any atom is 0.351 e. The molecule has 2 heterocycles. The number of ether oxygens (including phenoxy) is 1. The van der Waals surface area contributed by atoms with E-state index in [2.05, 4.69) is 4.98 Å². The molecule has 0 spiro atoms. The molecule has 3 atom stereocenters. The number of nitrogens with zero attached hydrogens (tertiary/aromatic N) is 2. The van der Waals surface area contributed by atoms with Gasteiger partial charge in [0, 0.05) is 12.6 Å². The molecular weight excluding hydrogens is 233 g/mol. The highest BCUT2D eigenvalue weighted by Crippen LogP contribution is 2.27. The van der Waals surface area contributed by atoms with E-state index in [9.17, 15) is 9.90 Å². The van der Waals surface area contributed by atoms with E-state index < -0.39 is 24.1 Å². The van der Waals surface area contributed by atoms with Crippen LogP contribution in [0.15, 0.2) is 17.1 Å². The Morgan fingerprint density at radius 3 is 2.88 bits per heavy atom. The average Bonchev–Trinajstić information content (AvgIpc) is 2.59. The van der Waals surface area contributed by atoms with Crippen LogP contribution >= 0.6 is 0 Å². The Labute approximate surface area is 95.8 Å². The van der Waals surface area contributed by atoms with Crippen molar-refractivity contribution in [2.24, 2.45) is 0 Å². The third-order valence-electron chi connectivity index (χ3n) is 2.55. The van der Waals surface area contributed by atoms with Crippen molar-refractivity contribution < 1.29 is 19.7 Å². The molecule has 1 aliphatic rings. The van der Waals surface area contributed by atoms with Gasteiger partial charge in [0.05, 0.1) is 12.7 Å². The Balaban J connectivity index is 0.00000144. The van der Waals surface area contributed by atoms with Crippen LogP contribution in [0.5, 0.6) is 0 Å². The van der Waals surface area contributed by atoms with Gasteiger partial charge in [-0.3, -0.25) is 9.27 Å². The first-order valence-corrected chi connectivity index (χ1v) is 4.91. The van der Waals surface area contributed by atoms with Gasteiger partial charge in [-0.1, -0.05) is 0 Å². The summed E-state index contributed by atoms with van der Waals surface area (Å²) >= 11 is 0. The SMILES string of the molecule is F.Nc1ccn([C@H]2C[C@H](O)[C@@H](CO)O2)c(=O)n1. The monoisotopic (exact) mass is 247 g/mol. The molecule has 7 nitrogen and oxygen atoms in total. The van der Waals surface area contributed by atoms with Crippen LogP contribution in [0.3, 0.4) is 0 Å². The number of hydrogen-bond donors (Lipinski definition) is 3. The van der Waals surface area contributed by atoms with Crippen molar-refractivity contribution in [3.63, 3.8) is 0 Å². The van der Waals surface area contributed by atoms with Crippen LogP contribution in [-0.2, 0) is 4.74 Å². The number of halogens is 1. The second kappa shape index (κ2) is 5.21. The number of nitrogen functional groups attached to an aromatic ring is 1. The molecule has 17 heavy (non-hydrogen) atoms. The quantitative estimate of drug-likeness (QED) is 0.594. The van der Waals surface area contributed by atoms with Crippen LogP contribution < -0.4 is 11.4 Å². The Bertz CT molecular complexity index is 438. The molecule has 0 amide bonds. The van der Waals surface area contributed by atoms with Crippen molar-refractivity contribution >= 4 is 5.82 Å². The third kappa shape index (κ3) is 2.60. The molecule has 0 unspecified atom stereocenters. The zero-order valence-corrected chi connectivity index (χ0v) is 8.89. The first-order valence-electron chi connectivity index (χ1n) is 4.91. The molecule has 0 aliphatic carbocycles. The lowest BCUT2D eigenvalue weighted by Gasteiger charge is -2.13. The van der Waals surface area contributed by atoms with E-state index in [1.54, 1.807) is 0 Å². The highest BCUT2D eigenvalue weighted by atomic mass is 19.0. The molecule has 0 radical (unpaired) electrons. The van der Waals surface area contributed by atoms with Gasteiger partial charge in [0.25, 0.3) is 0 Å². The minimum Gasteiger partial charge on any atom is -0.394 e. The van der Waals surface area contributed by atoms with Crippen molar-refractivity contribution in [1.82, 2.24) is 9.55 Å². The molecule has 2 rings (SSSR count). The summed E-state index contributed by atoms with van der Waals surface area (Å²) in [5, 5.41) is 18.4. The molecule has 1 aliphatic heterocycles. The molecular formula is C9H14FN3O4. The lowest BCUT2D eigenvalue weighted by Crippen LogP contribution is -2.27. The van der Waals surface area contributed by atoms with Gasteiger partial charge in [-0.05, 0) is 6.07 Å². The van der Waals surface area contributed by atoms with E-state index >= 15 is 0 Å². The Morgan fingerprint density at radius 1 is 1.65 bits per heavy atom. The highest BCUT2D eigenvalue weighted by molar-refractivity contribution is 5.23. The molecule has 1 aromatic rings. The topological polar surface area (TPSA) is 111 Å².